The van der Waals surface area contributed by atoms with Gasteiger partial charge in [-0.15, -0.1) is 0 Å². The van der Waals surface area contributed by atoms with E-state index >= 15 is 0 Å². The minimum atomic E-state index is 0.364. The average molecular weight is 841 g/mol. The number of rotatable bonds is 6. The second kappa shape index (κ2) is 15.6. The first-order valence-corrected chi connectivity index (χ1v) is 20.8. The smallest absolute Gasteiger partial charge is 0.164 e. The molecule has 10 heteroatoms. The second-order valence-electron chi connectivity index (χ2n) is 15.6. The highest BCUT2D eigenvalue weighted by Crippen LogP contribution is 2.42. The van der Waals surface area contributed by atoms with E-state index in [2.05, 4.69) is 34.9 Å². The van der Waals surface area contributed by atoms with Crippen molar-refractivity contribution in [3.05, 3.63) is 198 Å². The van der Waals surface area contributed by atoms with E-state index in [9.17, 15) is 26.3 Å². The van der Waals surface area contributed by atoms with Crippen molar-refractivity contribution in [3.8, 4) is 87.0 Å². The van der Waals surface area contributed by atoms with Gasteiger partial charge in [-0.1, -0.05) is 72.8 Å². The molecule has 0 atom stereocenters. The molecule has 0 saturated heterocycles. The molecule has 0 aliphatic rings. The van der Waals surface area contributed by atoms with Crippen molar-refractivity contribution < 1.29 is 0 Å². The molecule has 11 rings (SSSR count). The van der Waals surface area contributed by atoms with E-state index in [1.54, 1.807) is 24.3 Å². The molecule has 302 valence electrons. The predicted octanol–water partition coefficient (Wildman–Crippen LogP) is 12.1. The number of benzene rings is 8. The zero-order valence-electron chi connectivity index (χ0n) is 34.6. The van der Waals surface area contributed by atoms with Gasteiger partial charge in [0.15, 0.2) is 17.5 Å². The summed E-state index contributed by atoms with van der Waals surface area (Å²) in [6, 6.07) is 64.7. The summed E-state index contributed by atoms with van der Waals surface area (Å²) in [5.74, 6) is 1.35. The molecular weight excluding hydrogens is 813 g/mol. The Labute approximate surface area is 377 Å². The van der Waals surface area contributed by atoms with Gasteiger partial charge in [-0.2, -0.15) is 26.3 Å². The zero-order chi connectivity index (χ0) is 44.9. The fraction of sp³-hybridized carbons (Fsp3) is 0. The number of nitrogens with zero attached hydrogens (tertiary/aromatic N) is 10. The highest BCUT2D eigenvalue weighted by molar-refractivity contribution is 6.11. The molecule has 66 heavy (non-hydrogen) atoms. The Kier molecular flexibility index (Phi) is 9.17. The van der Waals surface area contributed by atoms with E-state index < -0.39 is 0 Å². The van der Waals surface area contributed by atoms with Crippen molar-refractivity contribution in [3.63, 3.8) is 0 Å². The first-order valence-electron chi connectivity index (χ1n) is 20.8. The first kappa shape index (κ1) is 38.7. The predicted molar refractivity (Wildman–Crippen MR) is 254 cm³/mol. The van der Waals surface area contributed by atoms with E-state index in [0.29, 0.717) is 67.7 Å². The van der Waals surface area contributed by atoms with Gasteiger partial charge in [0.2, 0.25) is 0 Å². The van der Waals surface area contributed by atoms with Crippen LogP contribution in [0.5, 0.6) is 0 Å². The summed E-state index contributed by atoms with van der Waals surface area (Å²) in [5, 5.41) is 54.2. The van der Waals surface area contributed by atoms with Crippen LogP contribution in [0.1, 0.15) is 27.8 Å². The van der Waals surface area contributed by atoms with Gasteiger partial charge in [-0.25, -0.2) is 15.0 Å². The molecule has 0 aliphatic carbocycles. The Hall–Kier alpha value is -10.2. The average Bonchev–Trinajstić information content (AvgIpc) is 3.89. The van der Waals surface area contributed by atoms with Gasteiger partial charge in [0.1, 0.15) is 6.07 Å². The van der Waals surface area contributed by atoms with Crippen LogP contribution in [0.25, 0.3) is 100 Å². The standard InChI is InChI=1S/C56H28N10/c57-29-34-14-20-50-44(24-34)45-25-35(30-58)15-21-51(45)65(50)40-18-19-42(56-63-54(38-8-3-1-4-9-38)62-55(64-56)39-10-5-2-6-11-39)43(28-40)41-12-7-13-49(48(41)33-61)66-52-22-16-36(31-59)26-46(52)47-27-37(32-60)17-23-53(47)66/h1-28H. The van der Waals surface area contributed by atoms with Crippen LogP contribution in [0.3, 0.4) is 0 Å². The number of hydrogen-bond acceptors (Lipinski definition) is 8. The molecule has 0 spiro atoms. The molecule has 0 bridgehead atoms. The molecule has 0 unspecified atom stereocenters. The van der Waals surface area contributed by atoms with Gasteiger partial charge < -0.3 is 9.13 Å². The molecule has 8 aromatic carbocycles. The maximum absolute atomic E-state index is 11.4. The normalized spacial score (nSPS) is 11.0. The van der Waals surface area contributed by atoms with Crippen molar-refractivity contribution in [2.24, 2.45) is 0 Å². The third-order valence-corrected chi connectivity index (χ3v) is 11.9. The molecule has 11 aromatic rings. The summed E-state index contributed by atoms with van der Waals surface area (Å²) in [6.45, 7) is 0. The third kappa shape index (κ3) is 6.26. The number of hydrogen-bond donors (Lipinski definition) is 0. The van der Waals surface area contributed by atoms with E-state index in [0.717, 1.165) is 60.4 Å². The summed E-state index contributed by atoms with van der Waals surface area (Å²) in [7, 11) is 0. The van der Waals surface area contributed by atoms with Crippen LogP contribution >= 0.6 is 0 Å². The third-order valence-electron chi connectivity index (χ3n) is 11.9. The summed E-state index contributed by atoms with van der Waals surface area (Å²) in [5.41, 5.74) is 10.3. The van der Waals surface area contributed by atoms with Crippen LogP contribution < -0.4 is 0 Å². The highest BCUT2D eigenvalue weighted by Gasteiger charge is 2.24. The zero-order valence-corrected chi connectivity index (χ0v) is 34.6. The molecule has 3 aromatic heterocycles. The largest absolute Gasteiger partial charge is 0.309 e. The van der Waals surface area contributed by atoms with Crippen molar-refractivity contribution >= 4 is 43.6 Å². The van der Waals surface area contributed by atoms with Gasteiger partial charge in [0, 0.05) is 49.5 Å². The minimum absolute atomic E-state index is 0.364. The summed E-state index contributed by atoms with van der Waals surface area (Å²) >= 11 is 0. The second-order valence-corrected chi connectivity index (χ2v) is 15.6. The van der Waals surface area contributed by atoms with Crippen LogP contribution in [0.15, 0.2) is 170 Å². The van der Waals surface area contributed by atoms with Crippen molar-refractivity contribution in [2.75, 3.05) is 0 Å². The molecule has 0 radical (unpaired) electrons. The maximum atomic E-state index is 11.4. The lowest BCUT2D eigenvalue weighted by atomic mass is 9.93. The van der Waals surface area contributed by atoms with Crippen LogP contribution in [0.2, 0.25) is 0 Å². The quantitative estimate of drug-likeness (QED) is 0.159. The Morgan fingerprint density at radius 3 is 1.21 bits per heavy atom. The number of aromatic nitrogens is 5. The van der Waals surface area contributed by atoms with Gasteiger partial charge in [0.05, 0.1) is 79.8 Å². The van der Waals surface area contributed by atoms with Gasteiger partial charge >= 0.3 is 0 Å². The Morgan fingerprint density at radius 1 is 0.333 bits per heavy atom. The van der Waals surface area contributed by atoms with Crippen LogP contribution in [-0.4, -0.2) is 24.1 Å². The van der Waals surface area contributed by atoms with E-state index in [-0.39, 0.29) is 0 Å². The van der Waals surface area contributed by atoms with Crippen LogP contribution in [-0.2, 0) is 0 Å². The lowest BCUT2D eigenvalue weighted by Gasteiger charge is -2.18. The molecule has 0 amide bonds. The van der Waals surface area contributed by atoms with Crippen LogP contribution in [0, 0.1) is 56.7 Å². The molecule has 10 nitrogen and oxygen atoms in total. The van der Waals surface area contributed by atoms with Crippen molar-refractivity contribution in [1.29, 1.82) is 26.3 Å². The Morgan fingerprint density at radius 2 is 0.773 bits per heavy atom. The SMILES string of the molecule is N#Cc1ccc2c(c1)c1cc(C#N)ccc1n2-c1ccc(-c2nc(-c3ccccc3)nc(-c3ccccc3)n2)c(-c2cccc(-n3c4ccc(C#N)cc4c4cc(C#N)ccc43)c2C#N)c1. The molecule has 0 aliphatic heterocycles. The monoisotopic (exact) mass is 840 g/mol. The summed E-state index contributed by atoms with van der Waals surface area (Å²) in [4.78, 5) is 15.2. The molecule has 0 saturated carbocycles. The topological polar surface area (TPSA) is 167 Å². The maximum Gasteiger partial charge on any atom is 0.164 e. The lowest BCUT2D eigenvalue weighted by Crippen LogP contribution is -2.04. The number of fused-ring (bicyclic) bond motifs is 6. The number of nitriles is 5. The summed E-state index contributed by atoms with van der Waals surface area (Å²) < 4.78 is 4.11. The van der Waals surface area contributed by atoms with E-state index in [1.807, 2.05) is 150 Å². The molecule has 0 N–H and O–H groups in total. The van der Waals surface area contributed by atoms with Crippen LogP contribution in [0.4, 0.5) is 0 Å². The fourth-order valence-corrected chi connectivity index (χ4v) is 8.95. The Bertz CT molecular complexity index is 3850. The first-order chi connectivity index (χ1) is 32.5. The molecule has 3 heterocycles. The fourth-order valence-electron chi connectivity index (χ4n) is 8.95. The minimum Gasteiger partial charge on any atom is -0.309 e. The van der Waals surface area contributed by atoms with Crippen molar-refractivity contribution in [1.82, 2.24) is 24.1 Å². The Balaban J connectivity index is 1.23. The van der Waals surface area contributed by atoms with Gasteiger partial charge in [-0.05, 0) is 103 Å². The van der Waals surface area contributed by atoms with E-state index in [1.165, 1.54) is 0 Å². The van der Waals surface area contributed by atoms with E-state index in [4.69, 9.17) is 15.0 Å². The van der Waals surface area contributed by atoms with Gasteiger partial charge in [0.25, 0.3) is 0 Å². The highest BCUT2D eigenvalue weighted by atomic mass is 15.0. The van der Waals surface area contributed by atoms with Gasteiger partial charge in [-0.3, -0.25) is 0 Å². The lowest BCUT2D eigenvalue weighted by molar-refractivity contribution is 1.07. The molecule has 0 fully saturated rings. The summed E-state index contributed by atoms with van der Waals surface area (Å²) in [6.07, 6.45) is 0. The van der Waals surface area contributed by atoms with Crippen molar-refractivity contribution in [2.45, 2.75) is 0 Å². The molecular formula is C56H28N10.